The fourth-order valence-electron chi connectivity index (χ4n) is 2.54. The summed E-state index contributed by atoms with van der Waals surface area (Å²) in [7, 11) is 1.81. The second-order valence-corrected chi connectivity index (χ2v) is 5.43. The third kappa shape index (κ3) is 2.47. The lowest BCUT2D eigenvalue weighted by molar-refractivity contribution is 0.102. The Morgan fingerprint density at radius 2 is 2.00 bits per heavy atom. The van der Waals surface area contributed by atoms with Gasteiger partial charge in [-0.2, -0.15) is 0 Å². The summed E-state index contributed by atoms with van der Waals surface area (Å²) in [6.07, 6.45) is 0. The van der Waals surface area contributed by atoms with E-state index in [0.717, 1.165) is 16.5 Å². The number of aliphatic hydroxyl groups is 1. The smallest absolute Gasteiger partial charge is 0.273 e. The molecule has 3 rings (SSSR count). The fraction of sp³-hybridized carbons (Fsp3) is 0.118. The van der Waals surface area contributed by atoms with E-state index in [9.17, 15) is 4.79 Å². The molecule has 4 nitrogen and oxygen atoms in total. The molecule has 0 saturated carbocycles. The van der Waals surface area contributed by atoms with Gasteiger partial charge in [0.05, 0.1) is 11.6 Å². The number of nitrogens with one attached hydrogen (secondary N) is 1. The van der Waals surface area contributed by atoms with Crippen molar-refractivity contribution in [2.45, 2.75) is 6.61 Å². The van der Waals surface area contributed by atoms with Crippen LogP contribution in [0, 0.1) is 0 Å². The SMILES string of the molecule is Cn1c(C(=O)Nc2cccc(CO)c2)c(Cl)c2ccccc21. The van der Waals surface area contributed by atoms with Gasteiger partial charge in [0.1, 0.15) is 5.69 Å². The number of fused-ring (bicyclic) bond motifs is 1. The van der Waals surface area contributed by atoms with E-state index < -0.39 is 0 Å². The minimum atomic E-state index is -0.279. The zero-order valence-corrected chi connectivity index (χ0v) is 12.8. The highest BCUT2D eigenvalue weighted by atomic mass is 35.5. The number of benzene rings is 2. The molecule has 1 heterocycles. The lowest BCUT2D eigenvalue weighted by Gasteiger charge is -2.08. The molecule has 0 spiro atoms. The number of carbonyl (C=O) groups is 1. The van der Waals surface area contributed by atoms with Crippen molar-refractivity contribution in [2.24, 2.45) is 7.05 Å². The number of anilines is 1. The average Bonchev–Trinajstić information content (AvgIpc) is 2.79. The van der Waals surface area contributed by atoms with Gasteiger partial charge >= 0.3 is 0 Å². The zero-order chi connectivity index (χ0) is 15.7. The van der Waals surface area contributed by atoms with Crippen LogP contribution in [0.5, 0.6) is 0 Å². The predicted octanol–water partition coefficient (Wildman–Crippen LogP) is 3.58. The lowest BCUT2D eigenvalue weighted by atomic mass is 10.2. The van der Waals surface area contributed by atoms with Gasteiger partial charge in [-0.25, -0.2) is 0 Å². The first-order valence-electron chi connectivity index (χ1n) is 6.86. The minimum absolute atomic E-state index is 0.0709. The maximum Gasteiger partial charge on any atom is 0.273 e. The monoisotopic (exact) mass is 314 g/mol. The third-order valence-electron chi connectivity index (χ3n) is 3.63. The molecule has 0 bridgehead atoms. The number of halogens is 1. The van der Waals surface area contributed by atoms with Crippen LogP contribution >= 0.6 is 11.6 Å². The standard InChI is InChI=1S/C17H15ClN2O2/c1-20-14-8-3-2-7-13(14)15(18)16(20)17(22)19-12-6-4-5-11(9-12)10-21/h2-9,21H,10H2,1H3,(H,19,22). The quantitative estimate of drug-likeness (QED) is 0.776. The van der Waals surface area contributed by atoms with Crippen molar-refractivity contribution >= 4 is 34.1 Å². The molecule has 3 aromatic rings. The highest BCUT2D eigenvalue weighted by molar-refractivity contribution is 6.39. The molecule has 0 unspecified atom stereocenters. The van der Waals surface area contributed by atoms with Gasteiger partial charge in [0.2, 0.25) is 0 Å². The highest BCUT2D eigenvalue weighted by Gasteiger charge is 2.19. The Balaban J connectivity index is 1.98. The molecule has 0 atom stereocenters. The molecule has 112 valence electrons. The highest BCUT2D eigenvalue weighted by Crippen LogP contribution is 2.30. The van der Waals surface area contributed by atoms with Crippen LogP contribution in [-0.2, 0) is 13.7 Å². The van der Waals surface area contributed by atoms with Crippen LogP contribution in [-0.4, -0.2) is 15.6 Å². The van der Waals surface area contributed by atoms with Crippen molar-refractivity contribution < 1.29 is 9.90 Å². The van der Waals surface area contributed by atoms with Crippen LogP contribution < -0.4 is 5.32 Å². The number of para-hydroxylation sites is 1. The normalized spacial score (nSPS) is 10.9. The maximum absolute atomic E-state index is 12.5. The minimum Gasteiger partial charge on any atom is -0.392 e. The third-order valence-corrected chi connectivity index (χ3v) is 4.01. The Labute approximate surface area is 132 Å². The molecule has 0 aliphatic heterocycles. The largest absolute Gasteiger partial charge is 0.392 e. The molecule has 0 aliphatic carbocycles. The van der Waals surface area contributed by atoms with E-state index in [-0.39, 0.29) is 12.5 Å². The van der Waals surface area contributed by atoms with E-state index in [1.165, 1.54) is 0 Å². The number of aliphatic hydroxyl groups excluding tert-OH is 1. The second-order valence-electron chi connectivity index (χ2n) is 5.05. The van der Waals surface area contributed by atoms with Gasteiger partial charge in [-0.15, -0.1) is 0 Å². The molecule has 2 N–H and O–H groups in total. The van der Waals surface area contributed by atoms with E-state index >= 15 is 0 Å². The summed E-state index contributed by atoms with van der Waals surface area (Å²) in [6.45, 7) is -0.0709. The number of rotatable bonds is 3. The number of aromatic nitrogens is 1. The topological polar surface area (TPSA) is 54.3 Å². The molecule has 0 radical (unpaired) electrons. The summed E-state index contributed by atoms with van der Waals surface area (Å²) in [5, 5.41) is 13.3. The first-order chi connectivity index (χ1) is 10.6. The van der Waals surface area contributed by atoms with E-state index in [1.807, 2.05) is 31.3 Å². The van der Waals surface area contributed by atoms with Crippen LogP contribution in [0.4, 0.5) is 5.69 Å². The van der Waals surface area contributed by atoms with Crippen LogP contribution in [0.1, 0.15) is 16.1 Å². The number of hydrogen-bond acceptors (Lipinski definition) is 2. The average molecular weight is 315 g/mol. The van der Waals surface area contributed by atoms with Crippen molar-refractivity contribution in [3.05, 3.63) is 64.8 Å². The van der Waals surface area contributed by atoms with Crippen molar-refractivity contribution in [1.29, 1.82) is 0 Å². The molecular formula is C17H15ClN2O2. The summed E-state index contributed by atoms with van der Waals surface area (Å²) < 4.78 is 1.78. The van der Waals surface area contributed by atoms with E-state index in [0.29, 0.717) is 16.4 Å². The molecule has 1 aromatic heterocycles. The van der Waals surface area contributed by atoms with Gasteiger partial charge < -0.3 is 15.0 Å². The van der Waals surface area contributed by atoms with Crippen molar-refractivity contribution in [3.8, 4) is 0 Å². The Morgan fingerprint density at radius 1 is 1.23 bits per heavy atom. The zero-order valence-electron chi connectivity index (χ0n) is 12.0. The molecule has 2 aromatic carbocycles. The number of amides is 1. The van der Waals surface area contributed by atoms with Crippen molar-refractivity contribution in [2.75, 3.05) is 5.32 Å². The first-order valence-corrected chi connectivity index (χ1v) is 7.23. The Kier molecular flexibility index (Phi) is 3.88. The van der Waals surface area contributed by atoms with Gasteiger partial charge in [0, 0.05) is 23.6 Å². The van der Waals surface area contributed by atoms with Gasteiger partial charge in [-0.05, 0) is 23.8 Å². The molecule has 1 amide bonds. The van der Waals surface area contributed by atoms with Gasteiger partial charge in [0.15, 0.2) is 0 Å². The molecule has 5 heteroatoms. The summed E-state index contributed by atoms with van der Waals surface area (Å²) >= 11 is 6.36. The Morgan fingerprint density at radius 3 is 2.73 bits per heavy atom. The second kappa shape index (κ2) is 5.83. The van der Waals surface area contributed by atoms with Crippen LogP contribution in [0.25, 0.3) is 10.9 Å². The molecule has 0 fully saturated rings. The predicted molar refractivity (Wildman–Crippen MR) is 88.2 cm³/mol. The summed E-state index contributed by atoms with van der Waals surface area (Å²) in [4.78, 5) is 12.5. The van der Waals surface area contributed by atoms with Gasteiger partial charge in [-0.3, -0.25) is 4.79 Å². The number of nitrogens with zero attached hydrogens (tertiary/aromatic N) is 1. The van der Waals surface area contributed by atoms with Crippen LogP contribution in [0.3, 0.4) is 0 Å². The maximum atomic E-state index is 12.5. The van der Waals surface area contributed by atoms with Crippen LogP contribution in [0.2, 0.25) is 5.02 Å². The summed E-state index contributed by atoms with van der Waals surface area (Å²) in [5.41, 5.74) is 2.68. The Hall–Kier alpha value is -2.30. The van der Waals surface area contributed by atoms with Gasteiger partial charge in [-0.1, -0.05) is 41.9 Å². The number of hydrogen-bond donors (Lipinski definition) is 2. The van der Waals surface area contributed by atoms with E-state index in [4.69, 9.17) is 16.7 Å². The molecule has 0 aliphatic rings. The number of aryl methyl sites for hydroxylation is 1. The summed E-state index contributed by atoms with van der Waals surface area (Å²) in [6, 6.07) is 14.7. The van der Waals surface area contributed by atoms with Crippen LogP contribution in [0.15, 0.2) is 48.5 Å². The first kappa shape index (κ1) is 14.6. The van der Waals surface area contributed by atoms with E-state index in [1.54, 1.807) is 28.8 Å². The molecular weight excluding hydrogens is 300 g/mol. The Bertz CT molecular complexity index is 816. The molecule has 22 heavy (non-hydrogen) atoms. The van der Waals surface area contributed by atoms with Crippen molar-refractivity contribution in [1.82, 2.24) is 4.57 Å². The molecule has 0 saturated heterocycles. The van der Waals surface area contributed by atoms with E-state index in [2.05, 4.69) is 5.32 Å². The summed E-state index contributed by atoms with van der Waals surface area (Å²) in [5.74, 6) is -0.279. The lowest BCUT2D eigenvalue weighted by Crippen LogP contribution is -2.16. The van der Waals surface area contributed by atoms with Crippen molar-refractivity contribution in [3.63, 3.8) is 0 Å². The number of carbonyl (C=O) groups excluding carboxylic acids is 1. The fourth-order valence-corrected chi connectivity index (χ4v) is 2.91. The van der Waals surface area contributed by atoms with Gasteiger partial charge in [0.25, 0.3) is 5.91 Å².